The Bertz CT molecular complexity index is 1260. The van der Waals surface area contributed by atoms with Crippen LogP contribution >= 0.6 is 0 Å². The van der Waals surface area contributed by atoms with Gasteiger partial charge in [0.2, 0.25) is 11.2 Å². The van der Waals surface area contributed by atoms with Crippen molar-refractivity contribution in [2.45, 2.75) is 0 Å². The molecule has 0 bridgehead atoms. The lowest BCUT2D eigenvalue weighted by Gasteiger charge is -2.09. The van der Waals surface area contributed by atoms with Crippen LogP contribution in [0, 0.1) is 11.8 Å². The molecule has 4 rings (SSSR count). The van der Waals surface area contributed by atoms with E-state index in [1.54, 1.807) is 24.3 Å². The van der Waals surface area contributed by atoms with Crippen LogP contribution in [-0.4, -0.2) is 12.2 Å². The predicted octanol–water partition coefficient (Wildman–Crippen LogP) is 4.57. The van der Waals surface area contributed by atoms with Crippen molar-refractivity contribution >= 4 is 11.0 Å². The molecule has 0 aliphatic carbocycles. The lowest BCUT2D eigenvalue weighted by atomic mass is 10.0. The van der Waals surface area contributed by atoms with Gasteiger partial charge in [0.25, 0.3) is 0 Å². The Hall–Kier alpha value is -3.97. The molecule has 0 radical (unpaired) electrons. The van der Waals surface area contributed by atoms with Crippen molar-refractivity contribution in [1.29, 1.82) is 0 Å². The Labute approximate surface area is 161 Å². The Balaban J connectivity index is 1.99. The summed E-state index contributed by atoms with van der Waals surface area (Å²) in [6, 6.07) is 21.8. The molecule has 0 amide bonds. The van der Waals surface area contributed by atoms with Gasteiger partial charge in [-0.15, -0.1) is 0 Å². The van der Waals surface area contributed by atoms with E-state index in [1.165, 1.54) is 7.11 Å². The molecular formula is C24H16O4. The molecule has 3 aromatic carbocycles. The molecule has 1 aromatic heterocycles. The molecule has 0 aliphatic heterocycles. The van der Waals surface area contributed by atoms with Crippen LogP contribution in [0.15, 0.2) is 82.0 Å². The first-order valence-corrected chi connectivity index (χ1v) is 8.68. The molecule has 0 atom stereocenters. The molecule has 1 N–H and O–H groups in total. The first-order valence-electron chi connectivity index (χ1n) is 8.68. The van der Waals surface area contributed by atoms with Gasteiger partial charge in [-0.1, -0.05) is 60.4 Å². The summed E-state index contributed by atoms with van der Waals surface area (Å²) in [7, 11) is 1.51. The number of hydrogen-bond donors (Lipinski definition) is 1. The summed E-state index contributed by atoms with van der Waals surface area (Å²) in [5.74, 6) is 6.15. The number of benzene rings is 3. The van der Waals surface area contributed by atoms with Crippen molar-refractivity contribution in [2.75, 3.05) is 7.11 Å². The molecule has 1 heterocycles. The molecule has 136 valence electrons. The molecule has 0 spiro atoms. The normalized spacial score (nSPS) is 10.3. The second-order valence-corrected chi connectivity index (χ2v) is 6.11. The van der Waals surface area contributed by atoms with E-state index in [1.807, 2.05) is 48.5 Å². The average molecular weight is 368 g/mol. The van der Waals surface area contributed by atoms with Crippen molar-refractivity contribution in [3.8, 4) is 34.7 Å². The highest BCUT2D eigenvalue weighted by Crippen LogP contribution is 2.33. The van der Waals surface area contributed by atoms with E-state index < -0.39 is 11.2 Å². The summed E-state index contributed by atoms with van der Waals surface area (Å²) in [6.07, 6.45) is 0. The van der Waals surface area contributed by atoms with Crippen molar-refractivity contribution in [2.24, 2.45) is 0 Å². The fraction of sp³-hybridized carbons (Fsp3) is 0.0417. The van der Waals surface area contributed by atoms with E-state index in [0.29, 0.717) is 22.5 Å². The largest absolute Gasteiger partial charge is 0.502 e. The Morgan fingerprint density at radius 3 is 2.25 bits per heavy atom. The maximum Gasteiger partial charge on any atom is 0.236 e. The van der Waals surface area contributed by atoms with Gasteiger partial charge in [-0.25, -0.2) is 0 Å². The standard InChI is InChI=1S/C24H16O4/c1-27-19-14-15-20-21(18(19)13-12-16-8-4-2-5-9-16)22(25)23(26)24(28-20)17-10-6-3-7-11-17/h2-11,14-15,26H,1H3. The van der Waals surface area contributed by atoms with Gasteiger partial charge in [0.05, 0.1) is 18.1 Å². The van der Waals surface area contributed by atoms with E-state index in [2.05, 4.69) is 11.8 Å². The van der Waals surface area contributed by atoms with Crippen LogP contribution in [0.2, 0.25) is 0 Å². The fourth-order valence-electron chi connectivity index (χ4n) is 2.99. The van der Waals surface area contributed by atoms with Crippen LogP contribution in [0.5, 0.6) is 11.5 Å². The van der Waals surface area contributed by atoms with E-state index in [0.717, 1.165) is 5.56 Å². The Morgan fingerprint density at radius 2 is 1.57 bits per heavy atom. The van der Waals surface area contributed by atoms with Gasteiger partial charge >= 0.3 is 0 Å². The number of rotatable bonds is 2. The number of fused-ring (bicyclic) bond motifs is 1. The first kappa shape index (κ1) is 17.4. The second-order valence-electron chi connectivity index (χ2n) is 6.11. The fourth-order valence-corrected chi connectivity index (χ4v) is 2.99. The zero-order valence-corrected chi connectivity index (χ0v) is 15.1. The molecule has 28 heavy (non-hydrogen) atoms. The number of aromatic hydroxyl groups is 1. The zero-order valence-electron chi connectivity index (χ0n) is 15.1. The molecule has 0 fully saturated rings. The van der Waals surface area contributed by atoms with Gasteiger partial charge in [0, 0.05) is 11.1 Å². The molecule has 4 aromatic rings. The molecule has 0 saturated heterocycles. The predicted molar refractivity (Wildman–Crippen MR) is 109 cm³/mol. The van der Waals surface area contributed by atoms with Crippen molar-refractivity contribution < 1.29 is 14.3 Å². The third-order valence-corrected chi connectivity index (χ3v) is 4.36. The van der Waals surface area contributed by atoms with Gasteiger partial charge in [0.1, 0.15) is 11.3 Å². The van der Waals surface area contributed by atoms with Crippen LogP contribution < -0.4 is 10.2 Å². The van der Waals surface area contributed by atoms with Gasteiger partial charge in [0.15, 0.2) is 5.76 Å². The summed E-state index contributed by atoms with van der Waals surface area (Å²) in [5.41, 5.74) is 1.59. The van der Waals surface area contributed by atoms with Crippen LogP contribution in [0.1, 0.15) is 11.1 Å². The maximum atomic E-state index is 13.0. The van der Waals surface area contributed by atoms with Crippen molar-refractivity contribution in [1.82, 2.24) is 0 Å². The molecule has 4 nitrogen and oxygen atoms in total. The summed E-state index contributed by atoms with van der Waals surface area (Å²) in [5, 5.41) is 10.7. The van der Waals surface area contributed by atoms with E-state index in [4.69, 9.17) is 9.15 Å². The molecular weight excluding hydrogens is 352 g/mol. The summed E-state index contributed by atoms with van der Waals surface area (Å²) >= 11 is 0. The minimum absolute atomic E-state index is 0.130. The van der Waals surface area contributed by atoms with Gasteiger partial charge in [-0.2, -0.15) is 0 Å². The number of methoxy groups -OCH3 is 1. The second kappa shape index (κ2) is 7.34. The third-order valence-electron chi connectivity index (χ3n) is 4.36. The van der Waals surface area contributed by atoms with E-state index >= 15 is 0 Å². The molecule has 0 aliphatic rings. The lowest BCUT2D eigenvalue weighted by Crippen LogP contribution is -2.06. The van der Waals surface area contributed by atoms with E-state index in [9.17, 15) is 9.90 Å². The highest BCUT2D eigenvalue weighted by atomic mass is 16.5. The van der Waals surface area contributed by atoms with Gasteiger partial charge < -0.3 is 14.3 Å². The van der Waals surface area contributed by atoms with Crippen LogP contribution in [0.4, 0.5) is 0 Å². The maximum absolute atomic E-state index is 13.0. The summed E-state index contributed by atoms with van der Waals surface area (Å²) in [6.45, 7) is 0. The zero-order chi connectivity index (χ0) is 19.5. The van der Waals surface area contributed by atoms with E-state index in [-0.39, 0.29) is 11.1 Å². The van der Waals surface area contributed by atoms with Crippen molar-refractivity contribution in [3.63, 3.8) is 0 Å². The average Bonchev–Trinajstić information content (AvgIpc) is 2.75. The first-order chi connectivity index (χ1) is 13.7. The third kappa shape index (κ3) is 3.10. The van der Waals surface area contributed by atoms with Crippen LogP contribution in [0.25, 0.3) is 22.3 Å². The number of ether oxygens (including phenoxy) is 1. The summed E-state index contributed by atoms with van der Waals surface area (Å²) < 4.78 is 11.3. The molecule has 4 heteroatoms. The Morgan fingerprint density at radius 1 is 0.893 bits per heavy atom. The smallest absolute Gasteiger partial charge is 0.236 e. The highest BCUT2D eigenvalue weighted by molar-refractivity contribution is 5.89. The SMILES string of the molecule is COc1ccc2oc(-c3ccccc3)c(O)c(=O)c2c1C#Cc1ccccc1. The monoisotopic (exact) mass is 368 g/mol. The minimum atomic E-state index is -0.545. The van der Waals surface area contributed by atoms with Crippen molar-refractivity contribution in [3.05, 3.63) is 94.1 Å². The van der Waals surface area contributed by atoms with Gasteiger partial charge in [-0.05, 0) is 24.3 Å². The molecule has 0 saturated carbocycles. The minimum Gasteiger partial charge on any atom is -0.502 e. The Kier molecular flexibility index (Phi) is 4.57. The number of hydrogen-bond acceptors (Lipinski definition) is 4. The summed E-state index contributed by atoms with van der Waals surface area (Å²) in [4.78, 5) is 13.0. The molecule has 0 unspecified atom stereocenters. The van der Waals surface area contributed by atoms with Gasteiger partial charge in [-0.3, -0.25) is 4.79 Å². The highest BCUT2D eigenvalue weighted by Gasteiger charge is 2.19. The van der Waals surface area contributed by atoms with Crippen LogP contribution in [-0.2, 0) is 0 Å². The quantitative estimate of drug-likeness (QED) is 0.527. The lowest BCUT2D eigenvalue weighted by molar-refractivity contribution is 0.413. The topological polar surface area (TPSA) is 59.7 Å². The van der Waals surface area contributed by atoms with Crippen LogP contribution in [0.3, 0.4) is 0 Å².